The minimum atomic E-state index is -2.93. The van der Waals surface area contributed by atoms with Crippen molar-refractivity contribution in [3.05, 3.63) is 48.5 Å². The molecule has 0 aliphatic heterocycles. The van der Waals surface area contributed by atoms with Crippen molar-refractivity contribution in [2.75, 3.05) is 17.2 Å². The molecular formula is C16H13F2N3O3. The van der Waals surface area contributed by atoms with Crippen molar-refractivity contribution in [2.45, 2.75) is 6.61 Å². The Labute approximate surface area is 136 Å². The molecule has 0 bridgehead atoms. The van der Waals surface area contributed by atoms with Crippen molar-refractivity contribution >= 4 is 17.4 Å². The van der Waals surface area contributed by atoms with Gasteiger partial charge in [-0.05, 0) is 36.4 Å². The molecule has 0 aliphatic rings. The number of alkyl halides is 2. The lowest BCUT2D eigenvalue weighted by molar-refractivity contribution is -0.0497. The Hall–Kier alpha value is -3.34. The van der Waals surface area contributed by atoms with Crippen LogP contribution in [0.15, 0.2) is 48.5 Å². The number of carbonyl (C=O) groups excluding carboxylic acids is 1. The molecule has 0 spiro atoms. The summed E-state index contributed by atoms with van der Waals surface area (Å²) in [5.41, 5.74) is 0.802. The molecule has 0 unspecified atom stereocenters. The number of amides is 2. The number of halogens is 2. The maximum absolute atomic E-state index is 12.2. The third-order valence-corrected chi connectivity index (χ3v) is 2.73. The van der Waals surface area contributed by atoms with Crippen LogP contribution < -0.4 is 20.1 Å². The van der Waals surface area contributed by atoms with E-state index in [-0.39, 0.29) is 12.4 Å². The molecule has 124 valence electrons. The number of nitrogens with one attached hydrogen (secondary N) is 2. The Morgan fingerprint density at radius 1 is 1.08 bits per heavy atom. The second-order valence-corrected chi connectivity index (χ2v) is 4.46. The van der Waals surface area contributed by atoms with Gasteiger partial charge in [0.15, 0.2) is 6.61 Å². The third-order valence-electron chi connectivity index (χ3n) is 2.73. The Morgan fingerprint density at radius 2 is 1.79 bits per heavy atom. The number of anilines is 2. The molecule has 0 aromatic heterocycles. The first kappa shape index (κ1) is 17.0. The first-order valence-electron chi connectivity index (χ1n) is 6.79. The Morgan fingerprint density at radius 3 is 2.46 bits per heavy atom. The Kier molecular flexibility index (Phi) is 5.91. The van der Waals surface area contributed by atoms with Crippen LogP contribution in [-0.4, -0.2) is 19.2 Å². The van der Waals surface area contributed by atoms with Gasteiger partial charge in [-0.25, -0.2) is 4.79 Å². The summed E-state index contributed by atoms with van der Waals surface area (Å²) in [7, 11) is 0. The summed E-state index contributed by atoms with van der Waals surface area (Å²) in [6.45, 7) is -3.00. The van der Waals surface area contributed by atoms with Gasteiger partial charge in [0.25, 0.3) is 0 Å². The van der Waals surface area contributed by atoms with E-state index in [0.29, 0.717) is 17.1 Å². The standard InChI is InChI=1S/C16H13F2N3O3/c17-15(18)24-14-3-1-2-12(10-14)21-16(22)20-11-4-6-13(7-5-11)23-9-8-19/h1-7,10,15H,9H2,(H2,20,21,22). The van der Waals surface area contributed by atoms with E-state index in [2.05, 4.69) is 15.4 Å². The van der Waals surface area contributed by atoms with E-state index in [0.717, 1.165) is 0 Å². The summed E-state index contributed by atoms with van der Waals surface area (Å²) < 4.78 is 33.7. The molecular weight excluding hydrogens is 320 g/mol. The maximum Gasteiger partial charge on any atom is 0.387 e. The molecule has 2 N–H and O–H groups in total. The van der Waals surface area contributed by atoms with Gasteiger partial charge in [-0.1, -0.05) is 6.07 Å². The third kappa shape index (κ3) is 5.46. The highest BCUT2D eigenvalue weighted by Crippen LogP contribution is 2.20. The minimum Gasteiger partial charge on any atom is -0.479 e. The molecule has 0 heterocycles. The highest BCUT2D eigenvalue weighted by molar-refractivity contribution is 5.99. The number of benzene rings is 2. The molecule has 2 aromatic carbocycles. The first-order valence-corrected chi connectivity index (χ1v) is 6.79. The van der Waals surface area contributed by atoms with Gasteiger partial charge in [-0.2, -0.15) is 14.0 Å². The average molecular weight is 333 g/mol. The summed E-state index contributed by atoms with van der Waals surface area (Å²) >= 11 is 0. The van der Waals surface area contributed by atoms with Crippen LogP contribution in [0.2, 0.25) is 0 Å². The van der Waals surface area contributed by atoms with Gasteiger partial charge >= 0.3 is 12.6 Å². The molecule has 0 saturated heterocycles. The zero-order chi connectivity index (χ0) is 17.4. The fourth-order valence-electron chi connectivity index (χ4n) is 1.79. The van der Waals surface area contributed by atoms with Crippen molar-refractivity contribution < 1.29 is 23.0 Å². The molecule has 0 saturated carbocycles. The van der Waals surface area contributed by atoms with Gasteiger partial charge in [0.1, 0.15) is 17.6 Å². The zero-order valence-electron chi connectivity index (χ0n) is 12.3. The molecule has 0 aliphatic carbocycles. The lowest BCUT2D eigenvalue weighted by Gasteiger charge is -2.10. The van der Waals surface area contributed by atoms with E-state index in [9.17, 15) is 13.6 Å². The van der Waals surface area contributed by atoms with Gasteiger partial charge in [0, 0.05) is 17.4 Å². The van der Waals surface area contributed by atoms with Crippen LogP contribution in [0, 0.1) is 11.3 Å². The van der Waals surface area contributed by atoms with Crippen molar-refractivity contribution in [3.8, 4) is 17.6 Å². The number of rotatable bonds is 6. The lowest BCUT2D eigenvalue weighted by Crippen LogP contribution is -2.19. The number of hydrogen-bond acceptors (Lipinski definition) is 4. The zero-order valence-corrected chi connectivity index (χ0v) is 12.3. The number of nitrogens with zero attached hydrogens (tertiary/aromatic N) is 1. The molecule has 0 atom stereocenters. The molecule has 2 amide bonds. The van der Waals surface area contributed by atoms with Crippen LogP contribution in [0.5, 0.6) is 11.5 Å². The minimum absolute atomic E-state index is 0.0539. The predicted octanol–water partition coefficient (Wildman–Crippen LogP) is 3.83. The van der Waals surface area contributed by atoms with Crippen LogP contribution in [0.4, 0.5) is 25.0 Å². The van der Waals surface area contributed by atoms with Crippen LogP contribution >= 0.6 is 0 Å². The Balaban J connectivity index is 1.92. The summed E-state index contributed by atoms with van der Waals surface area (Å²) in [5.74, 6) is 0.446. The van der Waals surface area contributed by atoms with Crippen molar-refractivity contribution in [1.82, 2.24) is 0 Å². The van der Waals surface area contributed by atoms with Crippen LogP contribution in [-0.2, 0) is 0 Å². The highest BCUT2D eigenvalue weighted by atomic mass is 19.3. The molecule has 0 fully saturated rings. The fraction of sp³-hybridized carbons (Fsp3) is 0.125. The number of hydrogen-bond donors (Lipinski definition) is 2. The number of urea groups is 1. The second kappa shape index (κ2) is 8.33. The number of nitriles is 1. The largest absolute Gasteiger partial charge is 0.479 e. The molecule has 6 nitrogen and oxygen atoms in total. The van der Waals surface area contributed by atoms with Gasteiger partial charge in [-0.15, -0.1) is 0 Å². The molecule has 0 radical (unpaired) electrons. The van der Waals surface area contributed by atoms with Crippen molar-refractivity contribution in [3.63, 3.8) is 0 Å². The van der Waals surface area contributed by atoms with Gasteiger partial charge < -0.3 is 20.1 Å². The van der Waals surface area contributed by atoms with E-state index in [1.54, 1.807) is 24.3 Å². The van der Waals surface area contributed by atoms with Crippen LogP contribution in [0.3, 0.4) is 0 Å². The highest BCUT2D eigenvalue weighted by Gasteiger charge is 2.07. The quantitative estimate of drug-likeness (QED) is 0.841. The average Bonchev–Trinajstić information content (AvgIpc) is 2.54. The summed E-state index contributed by atoms with van der Waals surface area (Å²) in [5, 5.41) is 13.5. The molecule has 8 heteroatoms. The lowest BCUT2D eigenvalue weighted by atomic mass is 10.3. The van der Waals surface area contributed by atoms with Gasteiger partial charge in [0.2, 0.25) is 0 Å². The predicted molar refractivity (Wildman–Crippen MR) is 83.3 cm³/mol. The van der Waals surface area contributed by atoms with E-state index < -0.39 is 12.6 Å². The smallest absolute Gasteiger partial charge is 0.387 e. The molecule has 2 rings (SSSR count). The van der Waals surface area contributed by atoms with E-state index in [4.69, 9.17) is 10.00 Å². The topological polar surface area (TPSA) is 83.4 Å². The number of carbonyl (C=O) groups is 1. The van der Waals surface area contributed by atoms with Gasteiger partial charge in [-0.3, -0.25) is 0 Å². The van der Waals surface area contributed by atoms with Crippen LogP contribution in [0.1, 0.15) is 0 Å². The molecule has 24 heavy (non-hydrogen) atoms. The van der Waals surface area contributed by atoms with Crippen molar-refractivity contribution in [2.24, 2.45) is 0 Å². The second-order valence-electron chi connectivity index (χ2n) is 4.46. The summed E-state index contributed by atoms with van der Waals surface area (Å²) in [6, 6.07) is 13.4. The van der Waals surface area contributed by atoms with E-state index >= 15 is 0 Å². The van der Waals surface area contributed by atoms with Crippen LogP contribution in [0.25, 0.3) is 0 Å². The Bertz CT molecular complexity index is 730. The van der Waals surface area contributed by atoms with E-state index in [1.807, 2.05) is 6.07 Å². The first-order chi connectivity index (χ1) is 11.6. The summed E-state index contributed by atoms with van der Waals surface area (Å²) in [4.78, 5) is 11.9. The summed E-state index contributed by atoms with van der Waals surface area (Å²) in [6.07, 6.45) is 0. The molecule has 2 aromatic rings. The normalized spacial score (nSPS) is 9.92. The fourth-order valence-corrected chi connectivity index (χ4v) is 1.79. The van der Waals surface area contributed by atoms with Crippen molar-refractivity contribution in [1.29, 1.82) is 5.26 Å². The SMILES string of the molecule is N#CCOc1ccc(NC(=O)Nc2cccc(OC(F)F)c2)cc1. The van der Waals surface area contributed by atoms with E-state index in [1.165, 1.54) is 24.3 Å². The monoisotopic (exact) mass is 333 g/mol. The van der Waals surface area contributed by atoms with Gasteiger partial charge in [0.05, 0.1) is 0 Å². The maximum atomic E-state index is 12.2. The number of ether oxygens (including phenoxy) is 2.